The standard InChI is InChI=1S/C11H14O3/c1-7(2)10(12)6-11(13)9-4-5-14-8(9)3/h4-7,13H,1-3H3. The van der Waals surface area contributed by atoms with Gasteiger partial charge in [0.2, 0.25) is 0 Å². The van der Waals surface area contributed by atoms with Crippen molar-refractivity contribution in [1.29, 1.82) is 0 Å². The SMILES string of the molecule is Cc1occc1C(O)=CC(=O)C(C)C. The molecule has 76 valence electrons. The Morgan fingerprint density at radius 1 is 1.57 bits per heavy atom. The first-order valence-electron chi connectivity index (χ1n) is 4.51. The van der Waals surface area contributed by atoms with Gasteiger partial charge in [0.15, 0.2) is 5.78 Å². The Bertz CT molecular complexity index is 358. The summed E-state index contributed by atoms with van der Waals surface area (Å²) in [5, 5.41) is 9.59. The van der Waals surface area contributed by atoms with E-state index in [1.54, 1.807) is 26.8 Å². The molecule has 1 heterocycles. The smallest absolute Gasteiger partial charge is 0.161 e. The highest BCUT2D eigenvalue weighted by Gasteiger charge is 2.10. The fourth-order valence-electron chi connectivity index (χ4n) is 1.03. The minimum Gasteiger partial charge on any atom is -0.507 e. The van der Waals surface area contributed by atoms with Crippen LogP contribution in [0, 0.1) is 12.8 Å². The molecule has 3 nitrogen and oxygen atoms in total. The molecule has 1 aromatic rings. The van der Waals surface area contributed by atoms with Crippen molar-refractivity contribution in [3.8, 4) is 0 Å². The molecule has 14 heavy (non-hydrogen) atoms. The molecule has 0 radical (unpaired) electrons. The molecular weight excluding hydrogens is 180 g/mol. The van der Waals surface area contributed by atoms with Gasteiger partial charge in [-0.3, -0.25) is 4.79 Å². The lowest BCUT2D eigenvalue weighted by Gasteiger charge is -2.00. The number of carbonyl (C=O) groups is 1. The quantitative estimate of drug-likeness (QED) is 0.594. The van der Waals surface area contributed by atoms with Crippen LogP contribution in [0.1, 0.15) is 25.2 Å². The summed E-state index contributed by atoms with van der Waals surface area (Å²) < 4.78 is 5.02. The zero-order valence-electron chi connectivity index (χ0n) is 8.57. The van der Waals surface area contributed by atoms with Crippen molar-refractivity contribution >= 4 is 11.5 Å². The predicted molar refractivity (Wildman–Crippen MR) is 53.9 cm³/mol. The van der Waals surface area contributed by atoms with Gasteiger partial charge in [0.25, 0.3) is 0 Å². The largest absolute Gasteiger partial charge is 0.507 e. The lowest BCUT2D eigenvalue weighted by molar-refractivity contribution is -0.117. The summed E-state index contributed by atoms with van der Waals surface area (Å²) in [5.74, 6) is 0.373. The summed E-state index contributed by atoms with van der Waals surface area (Å²) in [7, 11) is 0. The van der Waals surface area contributed by atoms with Crippen molar-refractivity contribution in [2.45, 2.75) is 20.8 Å². The van der Waals surface area contributed by atoms with E-state index in [4.69, 9.17) is 4.42 Å². The second-order valence-electron chi connectivity index (χ2n) is 3.48. The minimum absolute atomic E-state index is 0.0325. The van der Waals surface area contributed by atoms with E-state index in [-0.39, 0.29) is 17.5 Å². The number of carbonyl (C=O) groups excluding carboxylic acids is 1. The third-order valence-electron chi connectivity index (χ3n) is 1.98. The Morgan fingerprint density at radius 2 is 2.21 bits per heavy atom. The average Bonchev–Trinajstić information content (AvgIpc) is 2.51. The average molecular weight is 194 g/mol. The van der Waals surface area contributed by atoms with E-state index in [9.17, 15) is 9.90 Å². The Kier molecular flexibility index (Phi) is 3.12. The van der Waals surface area contributed by atoms with E-state index in [0.29, 0.717) is 11.3 Å². The van der Waals surface area contributed by atoms with Crippen molar-refractivity contribution < 1.29 is 14.3 Å². The van der Waals surface area contributed by atoms with Gasteiger partial charge < -0.3 is 9.52 Å². The number of hydrogen-bond donors (Lipinski definition) is 1. The summed E-state index contributed by atoms with van der Waals surface area (Å²) in [6, 6.07) is 1.63. The highest BCUT2D eigenvalue weighted by Crippen LogP contribution is 2.17. The van der Waals surface area contributed by atoms with Crippen LogP contribution in [0.3, 0.4) is 0 Å². The number of aliphatic hydroxyl groups is 1. The fourth-order valence-corrected chi connectivity index (χ4v) is 1.03. The highest BCUT2D eigenvalue weighted by molar-refractivity contribution is 5.96. The van der Waals surface area contributed by atoms with Gasteiger partial charge >= 0.3 is 0 Å². The predicted octanol–water partition coefficient (Wildman–Crippen LogP) is 2.71. The number of aliphatic hydroxyl groups excluding tert-OH is 1. The Morgan fingerprint density at radius 3 is 2.64 bits per heavy atom. The van der Waals surface area contributed by atoms with Gasteiger partial charge in [-0.15, -0.1) is 0 Å². The van der Waals surface area contributed by atoms with E-state index in [1.807, 2.05) is 0 Å². The van der Waals surface area contributed by atoms with Crippen molar-refractivity contribution in [3.63, 3.8) is 0 Å². The van der Waals surface area contributed by atoms with Gasteiger partial charge in [-0.25, -0.2) is 0 Å². The summed E-state index contributed by atoms with van der Waals surface area (Å²) >= 11 is 0. The first-order valence-corrected chi connectivity index (χ1v) is 4.51. The number of furan rings is 1. The van der Waals surface area contributed by atoms with Gasteiger partial charge in [-0.05, 0) is 13.0 Å². The number of allylic oxidation sites excluding steroid dienone is 1. The summed E-state index contributed by atoms with van der Waals surface area (Å²) in [6.07, 6.45) is 2.72. The van der Waals surface area contributed by atoms with Crippen LogP contribution in [0.25, 0.3) is 5.76 Å². The topological polar surface area (TPSA) is 50.4 Å². The van der Waals surface area contributed by atoms with Crippen LogP contribution in [-0.4, -0.2) is 10.9 Å². The number of hydrogen-bond acceptors (Lipinski definition) is 3. The van der Waals surface area contributed by atoms with Gasteiger partial charge in [-0.1, -0.05) is 13.8 Å². The maximum Gasteiger partial charge on any atom is 0.161 e. The van der Waals surface area contributed by atoms with E-state index >= 15 is 0 Å². The molecule has 0 bridgehead atoms. The number of rotatable bonds is 3. The summed E-state index contributed by atoms with van der Waals surface area (Å²) in [6.45, 7) is 5.31. The molecule has 0 fully saturated rings. The Hall–Kier alpha value is -1.51. The molecule has 1 rings (SSSR count). The summed E-state index contributed by atoms with van der Waals surface area (Å²) in [4.78, 5) is 11.3. The molecule has 0 spiro atoms. The monoisotopic (exact) mass is 194 g/mol. The maximum absolute atomic E-state index is 11.3. The number of aryl methyl sites for hydroxylation is 1. The van der Waals surface area contributed by atoms with Crippen LogP contribution in [-0.2, 0) is 4.79 Å². The van der Waals surface area contributed by atoms with E-state index in [0.717, 1.165) is 0 Å². The number of ketones is 1. The summed E-state index contributed by atoms with van der Waals surface area (Å²) in [5.41, 5.74) is 0.569. The van der Waals surface area contributed by atoms with Crippen molar-refractivity contribution in [3.05, 3.63) is 29.7 Å². The molecular formula is C11H14O3. The Balaban J connectivity index is 2.90. The zero-order chi connectivity index (χ0) is 10.7. The fraction of sp³-hybridized carbons (Fsp3) is 0.364. The first kappa shape index (κ1) is 10.6. The van der Waals surface area contributed by atoms with Crippen molar-refractivity contribution in [2.75, 3.05) is 0 Å². The second-order valence-corrected chi connectivity index (χ2v) is 3.48. The van der Waals surface area contributed by atoms with E-state index < -0.39 is 0 Å². The van der Waals surface area contributed by atoms with Crippen LogP contribution in [0.4, 0.5) is 0 Å². The third-order valence-corrected chi connectivity index (χ3v) is 1.98. The lowest BCUT2D eigenvalue weighted by atomic mass is 10.1. The first-order chi connectivity index (χ1) is 6.52. The van der Waals surface area contributed by atoms with E-state index in [2.05, 4.69) is 0 Å². The molecule has 3 heteroatoms. The molecule has 0 unspecified atom stereocenters. The van der Waals surface area contributed by atoms with Gasteiger partial charge in [0.05, 0.1) is 11.8 Å². The molecule has 1 aromatic heterocycles. The second kappa shape index (κ2) is 4.13. The van der Waals surface area contributed by atoms with Gasteiger partial charge in [0, 0.05) is 12.0 Å². The van der Waals surface area contributed by atoms with Crippen LogP contribution >= 0.6 is 0 Å². The molecule has 1 N–H and O–H groups in total. The van der Waals surface area contributed by atoms with Gasteiger partial charge in [-0.2, -0.15) is 0 Å². The molecule has 0 saturated heterocycles. The zero-order valence-corrected chi connectivity index (χ0v) is 8.57. The minimum atomic E-state index is -0.107. The van der Waals surface area contributed by atoms with Crippen LogP contribution in [0.15, 0.2) is 22.8 Å². The molecule has 0 aliphatic carbocycles. The Labute approximate surface area is 83.0 Å². The van der Waals surface area contributed by atoms with Crippen molar-refractivity contribution in [1.82, 2.24) is 0 Å². The van der Waals surface area contributed by atoms with E-state index in [1.165, 1.54) is 12.3 Å². The van der Waals surface area contributed by atoms with Crippen LogP contribution in [0.2, 0.25) is 0 Å². The molecule has 0 amide bonds. The van der Waals surface area contributed by atoms with Crippen molar-refractivity contribution in [2.24, 2.45) is 5.92 Å². The maximum atomic E-state index is 11.3. The molecule has 0 aromatic carbocycles. The highest BCUT2D eigenvalue weighted by atomic mass is 16.3. The normalized spacial score (nSPS) is 12.1. The molecule has 0 aliphatic rings. The van der Waals surface area contributed by atoms with Gasteiger partial charge in [0.1, 0.15) is 11.5 Å². The van der Waals surface area contributed by atoms with Crippen LogP contribution < -0.4 is 0 Å². The van der Waals surface area contributed by atoms with Crippen LogP contribution in [0.5, 0.6) is 0 Å². The molecule has 0 atom stereocenters. The molecule has 0 aliphatic heterocycles. The third kappa shape index (κ3) is 2.25. The molecule has 0 saturated carbocycles. The lowest BCUT2D eigenvalue weighted by Crippen LogP contribution is -2.03.